The SMILES string of the molecule is COc1ccc(C(=O)OC(C)C(=O)Nc2cc(Cl)ccc2Cl)cc1OC. The number of rotatable bonds is 6. The van der Waals surface area contributed by atoms with E-state index in [0.29, 0.717) is 27.2 Å². The van der Waals surface area contributed by atoms with Gasteiger partial charge in [0, 0.05) is 5.02 Å². The van der Waals surface area contributed by atoms with Crippen LogP contribution in [0.4, 0.5) is 5.69 Å². The maximum Gasteiger partial charge on any atom is 0.339 e. The molecule has 2 rings (SSSR count). The highest BCUT2D eigenvalue weighted by molar-refractivity contribution is 6.35. The number of hydrogen-bond donors (Lipinski definition) is 1. The summed E-state index contributed by atoms with van der Waals surface area (Å²) in [7, 11) is 2.95. The maximum absolute atomic E-state index is 12.3. The van der Waals surface area contributed by atoms with E-state index in [1.807, 2.05) is 0 Å². The van der Waals surface area contributed by atoms with Crippen molar-refractivity contribution in [3.63, 3.8) is 0 Å². The summed E-state index contributed by atoms with van der Waals surface area (Å²) >= 11 is 11.9. The molecule has 0 saturated carbocycles. The molecule has 0 radical (unpaired) electrons. The molecule has 2 aromatic rings. The van der Waals surface area contributed by atoms with Gasteiger partial charge in [-0.3, -0.25) is 4.79 Å². The lowest BCUT2D eigenvalue weighted by Crippen LogP contribution is -2.30. The number of esters is 1. The van der Waals surface area contributed by atoms with Gasteiger partial charge >= 0.3 is 5.97 Å². The van der Waals surface area contributed by atoms with Crippen LogP contribution < -0.4 is 14.8 Å². The highest BCUT2D eigenvalue weighted by atomic mass is 35.5. The van der Waals surface area contributed by atoms with Crippen molar-refractivity contribution in [2.45, 2.75) is 13.0 Å². The quantitative estimate of drug-likeness (QED) is 0.739. The van der Waals surface area contributed by atoms with Crippen LogP contribution in [-0.4, -0.2) is 32.2 Å². The fourth-order valence-corrected chi connectivity index (χ4v) is 2.41. The van der Waals surface area contributed by atoms with Crippen LogP contribution in [0.5, 0.6) is 11.5 Å². The molecule has 138 valence electrons. The van der Waals surface area contributed by atoms with Crippen LogP contribution in [0.1, 0.15) is 17.3 Å². The van der Waals surface area contributed by atoms with Crippen molar-refractivity contribution >= 4 is 40.8 Å². The summed E-state index contributed by atoms with van der Waals surface area (Å²) < 4.78 is 15.4. The number of benzene rings is 2. The average Bonchev–Trinajstić information content (AvgIpc) is 2.63. The number of carbonyl (C=O) groups excluding carboxylic acids is 2. The molecule has 26 heavy (non-hydrogen) atoms. The lowest BCUT2D eigenvalue weighted by Gasteiger charge is -2.15. The average molecular weight is 398 g/mol. The molecule has 1 N–H and O–H groups in total. The number of anilines is 1. The summed E-state index contributed by atoms with van der Waals surface area (Å²) in [5, 5.41) is 3.31. The predicted octanol–water partition coefficient (Wildman–Crippen LogP) is 4.19. The Morgan fingerprint density at radius 1 is 1.00 bits per heavy atom. The Kier molecular flexibility index (Phi) is 6.71. The first-order chi connectivity index (χ1) is 12.3. The third-order valence-corrected chi connectivity index (χ3v) is 4.02. The number of hydrogen-bond acceptors (Lipinski definition) is 5. The lowest BCUT2D eigenvalue weighted by atomic mass is 10.2. The fraction of sp³-hybridized carbons (Fsp3) is 0.222. The van der Waals surface area contributed by atoms with Crippen molar-refractivity contribution < 1.29 is 23.8 Å². The molecule has 0 saturated heterocycles. The molecule has 1 unspecified atom stereocenters. The van der Waals surface area contributed by atoms with E-state index in [2.05, 4.69) is 5.32 Å². The molecule has 0 aliphatic heterocycles. The molecule has 1 amide bonds. The van der Waals surface area contributed by atoms with E-state index in [-0.39, 0.29) is 5.56 Å². The van der Waals surface area contributed by atoms with Crippen LogP contribution in [0.2, 0.25) is 10.0 Å². The molecular weight excluding hydrogens is 381 g/mol. The zero-order chi connectivity index (χ0) is 19.3. The van der Waals surface area contributed by atoms with Crippen molar-refractivity contribution in [3.05, 3.63) is 52.0 Å². The van der Waals surface area contributed by atoms with Gasteiger partial charge in [-0.25, -0.2) is 4.79 Å². The second kappa shape index (κ2) is 8.78. The molecule has 0 bridgehead atoms. The molecule has 0 aliphatic rings. The Morgan fingerprint density at radius 3 is 2.35 bits per heavy atom. The molecule has 6 nitrogen and oxygen atoms in total. The van der Waals surface area contributed by atoms with Crippen molar-refractivity contribution in [2.24, 2.45) is 0 Å². The molecule has 0 fully saturated rings. The van der Waals surface area contributed by atoms with E-state index in [1.54, 1.807) is 18.2 Å². The summed E-state index contributed by atoms with van der Waals surface area (Å²) in [5.41, 5.74) is 0.557. The Hall–Kier alpha value is -2.44. The zero-order valence-corrected chi connectivity index (χ0v) is 15.9. The van der Waals surface area contributed by atoms with Gasteiger partial charge < -0.3 is 19.5 Å². The van der Waals surface area contributed by atoms with Gasteiger partial charge in [-0.05, 0) is 43.3 Å². The number of nitrogens with one attached hydrogen (secondary N) is 1. The maximum atomic E-state index is 12.3. The van der Waals surface area contributed by atoms with Gasteiger partial charge in [-0.2, -0.15) is 0 Å². The number of carbonyl (C=O) groups is 2. The monoisotopic (exact) mass is 397 g/mol. The number of amides is 1. The van der Waals surface area contributed by atoms with E-state index in [0.717, 1.165) is 0 Å². The summed E-state index contributed by atoms with van der Waals surface area (Å²) in [6.07, 6.45) is -1.05. The Balaban J connectivity index is 2.06. The van der Waals surface area contributed by atoms with Gasteiger partial charge in [-0.15, -0.1) is 0 Å². The van der Waals surface area contributed by atoms with Gasteiger partial charge in [0.25, 0.3) is 5.91 Å². The molecule has 0 aromatic heterocycles. The Morgan fingerprint density at radius 2 is 1.69 bits per heavy atom. The largest absolute Gasteiger partial charge is 0.493 e. The van der Waals surface area contributed by atoms with Gasteiger partial charge in [0.1, 0.15) is 0 Å². The molecule has 0 spiro atoms. The minimum Gasteiger partial charge on any atom is -0.493 e. The highest BCUT2D eigenvalue weighted by Crippen LogP contribution is 2.28. The lowest BCUT2D eigenvalue weighted by molar-refractivity contribution is -0.123. The smallest absolute Gasteiger partial charge is 0.339 e. The highest BCUT2D eigenvalue weighted by Gasteiger charge is 2.21. The summed E-state index contributed by atoms with van der Waals surface area (Å²) in [6, 6.07) is 9.22. The summed E-state index contributed by atoms with van der Waals surface area (Å²) in [4.78, 5) is 24.5. The standard InChI is InChI=1S/C18H17Cl2NO5/c1-10(17(22)21-14-9-12(19)5-6-13(14)20)26-18(23)11-4-7-15(24-2)16(8-11)25-3/h4-10H,1-3H3,(H,21,22). The van der Waals surface area contributed by atoms with Gasteiger partial charge in [0.15, 0.2) is 17.6 Å². The third-order valence-electron chi connectivity index (χ3n) is 3.46. The van der Waals surface area contributed by atoms with Crippen molar-refractivity contribution in [2.75, 3.05) is 19.5 Å². The van der Waals surface area contributed by atoms with Crippen molar-refractivity contribution in [1.82, 2.24) is 0 Å². The topological polar surface area (TPSA) is 73.9 Å². The molecule has 1 atom stereocenters. The van der Waals surface area contributed by atoms with Crippen molar-refractivity contribution in [1.29, 1.82) is 0 Å². The molecule has 2 aromatic carbocycles. The fourth-order valence-electron chi connectivity index (χ4n) is 2.07. The first-order valence-corrected chi connectivity index (χ1v) is 8.30. The van der Waals surface area contributed by atoms with Gasteiger partial charge in [0.2, 0.25) is 0 Å². The minimum absolute atomic E-state index is 0.225. The zero-order valence-electron chi connectivity index (χ0n) is 14.3. The van der Waals surface area contributed by atoms with Crippen LogP contribution in [0.25, 0.3) is 0 Å². The van der Waals surface area contributed by atoms with Crippen LogP contribution in [0.3, 0.4) is 0 Å². The second-order valence-electron chi connectivity index (χ2n) is 5.23. The second-order valence-corrected chi connectivity index (χ2v) is 6.07. The van der Waals surface area contributed by atoms with Crippen LogP contribution in [-0.2, 0) is 9.53 Å². The number of ether oxygens (including phenoxy) is 3. The van der Waals surface area contributed by atoms with E-state index in [9.17, 15) is 9.59 Å². The minimum atomic E-state index is -1.05. The van der Waals surface area contributed by atoms with E-state index in [1.165, 1.54) is 39.3 Å². The van der Waals surface area contributed by atoms with Crippen LogP contribution in [0.15, 0.2) is 36.4 Å². The van der Waals surface area contributed by atoms with Crippen LogP contribution in [0, 0.1) is 0 Å². The normalized spacial score (nSPS) is 11.4. The predicted molar refractivity (Wildman–Crippen MR) is 99.5 cm³/mol. The van der Waals surface area contributed by atoms with Gasteiger partial charge in [-0.1, -0.05) is 23.2 Å². The molecule has 8 heteroatoms. The first kappa shape index (κ1) is 19.9. The molecular formula is C18H17Cl2NO5. The van der Waals surface area contributed by atoms with Gasteiger partial charge in [0.05, 0.1) is 30.5 Å². The first-order valence-electron chi connectivity index (χ1n) is 7.54. The summed E-state index contributed by atoms with van der Waals surface area (Å²) in [5.74, 6) is -0.357. The van der Waals surface area contributed by atoms with E-state index < -0.39 is 18.0 Å². The summed E-state index contributed by atoms with van der Waals surface area (Å²) in [6.45, 7) is 1.45. The molecule has 0 heterocycles. The Bertz CT molecular complexity index is 825. The van der Waals surface area contributed by atoms with Crippen LogP contribution >= 0.6 is 23.2 Å². The Labute approximate surface area is 160 Å². The van der Waals surface area contributed by atoms with Crippen molar-refractivity contribution in [3.8, 4) is 11.5 Å². The number of methoxy groups -OCH3 is 2. The molecule has 0 aliphatic carbocycles. The van der Waals surface area contributed by atoms with E-state index in [4.69, 9.17) is 37.4 Å². The third kappa shape index (κ3) is 4.80. The number of halogens is 2. The van der Waals surface area contributed by atoms with E-state index >= 15 is 0 Å².